The molecule has 8 nitrogen and oxygen atoms in total. The lowest BCUT2D eigenvalue weighted by molar-refractivity contribution is -0.132. The molecule has 0 saturated carbocycles. The van der Waals surface area contributed by atoms with Gasteiger partial charge < -0.3 is 10.2 Å². The topological polar surface area (TPSA) is 108 Å². The highest BCUT2D eigenvalue weighted by Crippen LogP contribution is 2.43. The summed E-state index contributed by atoms with van der Waals surface area (Å²) in [5.41, 5.74) is 1.84. The molecule has 5 rings (SSSR count). The fourth-order valence-corrected chi connectivity index (χ4v) is 4.57. The van der Waals surface area contributed by atoms with E-state index in [1.165, 1.54) is 34.6 Å². The lowest BCUT2D eigenvalue weighted by atomic mass is 9.96. The van der Waals surface area contributed by atoms with Crippen LogP contribution in [0.4, 0.5) is 5.13 Å². The highest BCUT2D eigenvalue weighted by molar-refractivity contribution is 7.14. The van der Waals surface area contributed by atoms with Crippen molar-refractivity contribution in [1.29, 1.82) is 0 Å². The zero-order valence-corrected chi connectivity index (χ0v) is 17.1. The number of benzene rings is 1. The van der Waals surface area contributed by atoms with Crippen molar-refractivity contribution >= 4 is 39.6 Å². The Hall–Kier alpha value is -3.98. The average molecular weight is 432 g/mol. The number of hydrogen-bond donors (Lipinski definition) is 2. The quantitative estimate of drug-likeness (QED) is 0.292. The summed E-state index contributed by atoms with van der Waals surface area (Å²) in [5, 5.41) is 23.4. The number of aliphatic hydroxyl groups excluding tert-OH is 1. The number of phenols is 1. The van der Waals surface area contributed by atoms with Crippen molar-refractivity contribution in [2.75, 3.05) is 4.90 Å². The molecule has 1 atom stereocenters. The first-order chi connectivity index (χ1) is 15.0. The zero-order valence-electron chi connectivity index (χ0n) is 16.3. The Kier molecular flexibility index (Phi) is 4.33. The molecule has 31 heavy (non-hydrogen) atoms. The molecule has 1 aliphatic rings. The molecule has 4 heterocycles. The third-order valence-corrected chi connectivity index (χ3v) is 5.95. The lowest BCUT2D eigenvalue weighted by Crippen LogP contribution is -2.29. The Labute approximate surface area is 180 Å². The highest BCUT2D eigenvalue weighted by atomic mass is 32.1. The van der Waals surface area contributed by atoms with E-state index in [1.807, 2.05) is 6.07 Å². The van der Waals surface area contributed by atoms with Crippen molar-refractivity contribution in [1.82, 2.24) is 14.4 Å². The number of pyridine rings is 1. The molecule has 1 amide bonds. The van der Waals surface area contributed by atoms with E-state index in [9.17, 15) is 19.8 Å². The SMILES string of the molecule is Cc1nc2ccccn2c1C(O)=C1C(=O)C(=O)N(c2nccs2)C1c1cccc(O)c1. The smallest absolute Gasteiger partial charge is 0.301 e. The fourth-order valence-electron chi connectivity index (χ4n) is 3.90. The molecule has 0 aliphatic carbocycles. The number of aryl methyl sites for hydroxylation is 1. The van der Waals surface area contributed by atoms with E-state index in [-0.39, 0.29) is 17.1 Å². The number of ketones is 1. The molecule has 0 bridgehead atoms. The molecule has 4 aromatic rings. The van der Waals surface area contributed by atoms with Crippen LogP contribution in [0.5, 0.6) is 5.75 Å². The summed E-state index contributed by atoms with van der Waals surface area (Å²) in [6.07, 6.45) is 3.26. The summed E-state index contributed by atoms with van der Waals surface area (Å²) in [6, 6.07) is 10.7. The number of anilines is 1. The number of nitrogens with zero attached hydrogens (tertiary/aromatic N) is 4. The minimum Gasteiger partial charge on any atom is -0.508 e. The van der Waals surface area contributed by atoms with Crippen molar-refractivity contribution in [3.8, 4) is 5.75 Å². The van der Waals surface area contributed by atoms with Gasteiger partial charge in [0.2, 0.25) is 0 Å². The van der Waals surface area contributed by atoms with Crippen LogP contribution in [-0.4, -0.2) is 36.3 Å². The van der Waals surface area contributed by atoms with Crippen LogP contribution in [0.2, 0.25) is 0 Å². The molecule has 154 valence electrons. The number of aromatic nitrogens is 3. The summed E-state index contributed by atoms with van der Waals surface area (Å²) in [4.78, 5) is 36.0. The van der Waals surface area contributed by atoms with Crippen LogP contribution in [0.15, 0.2) is 65.8 Å². The van der Waals surface area contributed by atoms with Crippen molar-refractivity contribution in [2.24, 2.45) is 0 Å². The van der Waals surface area contributed by atoms with Gasteiger partial charge in [-0.05, 0) is 36.8 Å². The molecule has 0 spiro atoms. The Morgan fingerprint density at radius 3 is 2.74 bits per heavy atom. The maximum atomic E-state index is 13.1. The van der Waals surface area contributed by atoms with E-state index in [2.05, 4.69) is 9.97 Å². The van der Waals surface area contributed by atoms with Crippen molar-refractivity contribution in [2.45, 2.75) is 13.0 Å². The first-order valence-electron chi connectivity index (χ1n) is 9.41. The number of thiazole rings is 1. The van der Waals surface area contributed by atoms with E-state index in [4.69, 9.17) is 0 Å². The number of hydrogen-bond acceptors (Lipinski definition) is 7. The third-order valence-electron chi connectivity index (χ3n) is 5.18. The number of imidazole rings is 1. The van der Waals surface area contributed by atoms with Gasteiger partial charge in [0.1, 0.15) is 17.1 Å². The maximum absolute atomic E-state index is 13.1. The van der Waals surface area contributed by atoms with Crippen molar-refractivity contribution in [3.63, 3.8) is 0 Å². The van der Waals surface area contributed by atoms with Crippen molar-refractivity contribution in [3.05, 3.63) is 82.8 Å². The number of fused-ring (bicyclic) bond motifs is 1. The van der Waals surface area contributed by atoms with Gasteiger partial charge in [0.25, 0.3) is 5.78 Å². The van der Waals surface area contributed by atoms with E-state index in [1.54, 1.807) is 47.2 Å². The normalized spacial score (nSPS) is 18.2. The Balaban J connectivity index is 1.80. The summed E-state index contributed by atoms with van der Waals surface area (Å²) < 4.78 is 1.67. The number of amides is 1. The summed E-state index contributed by atoms with van der Waals surface area (Å²) in [7, 11) is 0. The highest BCUT2D eigenvalue weighted by Gasteiger charge is 2.48. The molecule has 0 radical (unpaired) electrons. The number of Topliss-reactive ketones (excluding diaryl/α,β-unsaturated/α-hetero) is 1. The Bertz CT molecular complexity index is 1370. The third kappa shape index (κ3) is 2.89. The molecule has 3 aromatic heterocycles. The van der Waals surface area contributed by atoms with Gasteiger partial charge in [-0.25, -0.2) is 9.97 Å². The Morgan fingerprint density at radius 2 is 2.00 bits per heavy atom. The lowest BCUT2D eigenvalue weighted by Gasteiger charge is -2.23. The Morgan fingerprint density at radius 1 is 1.16 bits per heavy atom. The maximum Gasteiger partial charge on any atom is 0.301 e. The second-order valence-electron chi connectivity index (χ2n) is 7.05. The number of aliphatic hydroxyl groups is 1. The van der Waals surface area contributed by atoms with Crippen LogP contribution in [0.25, 0.3) is 11.4 Å². The first-order valence-corrected chi connectivity index (χ1v) is 10.3. The monoisotopic (exact) mass is 432 g/mol. The fraction of sp³-hybridized carbons (Fsp3) is 0.0909. The van der Waals surface area contributed by atoms with Gasteiger partial charge in [0.05, 0.1) is 17.3 Å². The minimum atomic E-state index is -0.952. The van der Waals surface area contributed by atoms with Gasteiger partial charge in [0, 0.05) is 17.8 Å². The van der Waals surface area contributed by atoms with Gasteiger partial charge in [0.15, 0.2) is 10.9 Å². The molecule has 1 aromatic carbocycles. The largest absolute Gasteiger partial charge is 0.508 e. The van der Waals surface area contributed by atoms with Crippen LogP contribution in [0.3, 0.4) is 0 Å². The minimum absolute atomic E-state index is 0.0202. The molecule has 2 N–H and O–H groups in total. The predicted octanol–water partition coefficient (Wildman–Crippen LogP) is 3.43. The van der Waals surface area contributed by atoms with Crippen LogP contribution >= 0.6 is 11.3 Å². The van der Waals surface area contributed by atoms with Gasteiger partial charge >= 0.3 is 5.91 Å². The standard InChI is InChI=1S/C22H16N4O4S/c1-12-17(25-9-3-2-7-15(25)24-12)19(28)16-18(13-5-4-6-14(27)11-13)26(21(30)20(16)29)22-23-8-10-31-22/h2-11,18,27-28H,1H3. The molecule has 9 heteroatoms. The van der Waals surface area contributed by atoms with Crippen LogP contribution in [-0.2, 0) is 9.59 Å². The predicted molar refractivity (Wildman–Crippen MR) is 115 cm³/mol. The zero-order chi connectivity index (χ0) is 21.7. The first kappa shape index (κ1) is 19.0. The molecule has 1 aliphatic heterocycles. The van der Waals surface area contributed by atoms with Gasteiger partial charge in [-0.2, -0.15) is 0 Å². The average Bonchev–Trinajstić information content (AvgIpc) is 3.45. The molecule has 1 unspecified atom stereocenters. The molecular formula is C22H16N4O4S. The van der Waals surface area contributed by atoms with Gasteiger partial charge in [-0.3, -0.25) is 18.9 Å². The second kappa shape index (κ2) is 7.06. The van der Waals surface area contributed by atoms with Crippen molar-refractivity contribution < 1.29 is 19.8 Å². The van der Waals surface area contributed by atoms with Gasteiger partial charge in [-0.15, -0.1) is 11.3 Å². The molecular weight excluding hydrogens is 416 g/mol. The summed E-state index contributed by atoms with van der Waals surface area (Å²) in [5.74, 6) is -1.97. The number of phenolic OH excluding ortho intramolecular Hbond substituents is 1. The number of rotatable bonds is 3. The number of carbonyl (C=O) groups is 2. The van der Waals surface area contributed by atoms with E-state index >= 15 is 0 Å². The van der Waals surface area contributed by atoms with Crippen LogP contribution in [0, 0.1) is 6.92 Å². The van der Waals surface area contributed by atoms with E-state index in [0.29, 0.717) is 27.7 Å². The van der Waals surface area contributed by atoms with E-state index in [0.717, 1.165) is 0 Å². The summed E-state index contributed by atoms with van der Waals surface area (Å²) >= 11 is 1.20. The number of aromatic hydroxyl groups is 1. The van der Waals surface area contributed by atoms with Crippen LogP contribution in [0.1, 0.15) is 23.0 Å². The second-order valence-corrected chi connectivity index (χ2v) is 7.93. The van der Waals surface area contributed by atoms with Crippen LogP contribution < -0.4 is 4.90 Å². The van der Waals surface area contributed by atoms with Gasteiger partial charge in [-0.1, -0.05) is 18.2 Å². The van der Waals surface area contributed by atoms with E-state index < -0.39 is 17.7 Å². The summed E-state index contributed by atoms with van der Waals surface area (Å²) in [6.45, 7) is 1.72. The molecule has 1 saturated heterocycles. The molecule has 1 fully saturated rings. The number of carbonyl (C=O) groups excluding carboxylic acids is 2.